The van der Waals surface area contributed by atoms with Crippen LogP contribution in [0.5, 0.6) is 0 Å². The zero-order chi connectivity index (χ0) is 17.1. The summed E-state index contributed by atoms with van der Waals surface area (Å²) in [5, 5.41) is 0. The second kappa shape index (κ2) is 6.69. The maximum absolute atomic E-state index is 12.5. The van der Waals surface area contributed by atoms with Crippen LogP contribution in [0.25, 0.3) is 0 Å². The zero-order valence-corrected chi connectivity index (χ0v) is 12.8. The molecule has 0 bridgehead atoms. The predicted molar refractivity (Wildman–Crippen MR) is 79.8 cm³/mol. The molecule has 0 amide bonds. The third-order valence-corrected chi connectivity index (χ3v) is 4.63. The summed E-state index contributed by atoms with van der Waals surface area (Å²) in [6, 6.07) is 10.4. The molecule has 0 saturated heterocycles. The maximum Gasteiger partial charge on any atom is 0.416 e. The van der Waals surface area contributed by atoms with Gasteiger partial charge in [-0.1, -0.05) is 24.3 Å². The van der Waals surface area contributed by atoms with Crippen LogP contribution in [-0.4, -0.2) is 8.42 Å². The Morgan fingerprint density at radius 3 is 1.91 bits per heavy atom. The molecule has 2 aromatic rings. The van der Waals surface area contributed by atoms with Crippen molar-refractivity contribution in [1.29, 1.82) is 0 Å². The van der Waals surface area contributed by atoms with E-state index in [4.69, 9.17) is 5.73 Å². The van der Waals surface area contributed by atoms with E-state index in [1.54, 1.807) is 12.1 Å². The number of alkyl halides is 3. The Labute approximate surface area is 132 Å². The van der Waals surface area contributed by atoms with E-state index in [0.29, 0.717) is 12.1 Å². The summed E-state index contributed by atoms with van der Waals surface area (Å²) in [4.78, 5) is 0.0709. The first-order valence-electron chi connectivity index (χ1n) is 6.67. The minimum absolute atomic E-state index is 0.0709. The molecule has 3 N–H and O–H groups in total. The van der Waals surface area contributed by atoms with Crippen molar-refractivity contribution >= 4 is 10.0 Å². The molecule has 0 unspecified atom stereocenters. The Morgan fingerprint density at radius 1 is 0.913 bits per heavy atom. The lowest BCUT2D eigenvalue weighted by molar-refractivity contribution is -0.137. The second-order valence-electron chi connectivity index (χ2n) is 4.87. The van der Waals surface area contributed by atoms with Gasteiger partial charge >= 0.3 is 6.18 Å². The summed E-state index contributed by atoms with van der Waals surface area (Å²) < 4.78 is 63.9. The normalized spacial score (nSPS) is 12.3. The van der Waals surface area contributed by atoms with Crippen molar-refractivity contribution in [2.24, 2.45) is 5.73 Å². The first-order chi connectivity index (χ1) is 10.7. The highest BCUT2D eigenvalue weighted by Gasteiger charge is 2.29. The third kappa shape index (κ3) is 4.54. The second-order valence-corrected chi connectivity index (χ2v) is 6.63. The van der Waals surface area contributed by atoms with Crippen molar-refractivity contribution in [3.8, 4) is 0 Å². The predicted octanol–water partition coefficient (Wildman–Crippen LogP) is 2.64. The zero-order valence-electron chi connectivity index (χ0n) is 12.0. The van der Waals surface area contributed by atoms with Crippen LogP contribution in [0.2, 0.25) is 0 Å². The van der Waals surface area contributed by atoms with E-state index in [1.165, 1.54) is 24.3 Å². The first-order valence-corrected chi connectivity index (χ1v) is 8.15. The van der Waals surface area contributed by atoms with Crippen molar-refractivity contribution in [3.05, 3.63) is 65.2 Å². The molecule has 0 fully saturated rings. The van der Waals surface area contributed by atoms with Crippen molar-refractivity contribution in [3.63, 3.8) is 0 Å². The summed E-state index contributed by atoms with van der Waals surface area (Å²) in [6.07, 6.45) is -4.41. The summed E-state index contributed by atoms with van der Waals surface area (Å²) >= 11 is 0. The van der Waals surface area contributed by atoms with Gasteiger partial charge in [-0.05, 0) is 35.4 Å². The molecule has 0 aliphatic rings. The first kappa shape index (κ1) is 17.5. The van der Waals surface area contributed by atoms with Gasteiger partial charge in [-0.2, -0.15) is 13.2 Å². The molecule has 0 aliphatic heterocycles. The highest BCUT2D eigenvalue weighted by Crippen LogP contribution is 2.29. The van der Waals surface area contributed by atoms with E-state index in [-0.39, 0.29) is 11.4 Å². The molecule has 23 heavy (non-hydrogen) atoms. The summed E-state index contributed by atoms with van der Waals surface area (Å²) in [6.45, 7) is 0.207. The Morgan fingerprint density at radius 2 is 1.43 bits per heavy atom. The Hall–Kier alpha value is -1.90. The lowest BCUT2D eigenvalue weighted by Gasteiger charge is -2.09. The number of hydrogen-bond donors (Lipinski definition) is 2. The van der Waals surface area contributed by atoms with E-state index in [2.05, 4.69) is 4.72 Å². The number of benzene rings is 2. The number of rotatable bonds is 5. The highest BCUT2D eigenvalue weighted by atomic mass is 32.2. The number of nitrogens with one attached hydrogen (secondary N) is 1. The quantitative estimate of drug-likeness (QED) is 0.876. The van der Waals surface area contributed by atoms with Gasteiger partial charge in [0.25, 0.3) is 0 Å². The fourth-order valence-electron chi connectivity index (χ4n) is 1.88. The average molecular weight is 344 g/mol. The van der Waals surface area contributed by atoms with Crippen LogP contribution < -0.4 is 10.5 Å². The molecule has 4 nitrogen and oxygen atoms in total. The molecule has 0 aliphatic carbocycles. The van der Waals surface area contributed by atoms with Crippen molar-refractivity contribution < 1.29 is 21.6 Å². The minimum Gasteiger partial charge on any atom is -0.326 e. The number of hydrogen-bond acceptors (Lipinski definition) is 3. The number of sulfonamides is 1. The van der Waals surface area contributed by atoms with Crippen LogP contribution in [0.4, 0.5) is 13.2 Å². The van der Waals surface area contributed by atoms with Gasteiger partial charge in [0.2, 0.25) is 10.0 Å². The maximum atomic E-state index is 12.5. The lowest BCUT2D eigenvalue weighted by Crippen LogP contribution is -2.23. The van der Waals surface area contributed by atoms with Crippen LogP contribution >= 0.6 is 0 Å². The smallest absolute Gasteiger partial charge is 0.326 e. The Balaban J connectivity index is 2.06. The van der Waals surface area contributed by atoms with E-state index in [0.717, 1.165) is 17.7 Å². The SMILES string of the molecule is NCc1ccc(S(=O)(=O)NCc2ccc(C(F)(F)F)cc2)cc1. The molecule has 0 spiro atoms. The molecule has 0 radical (unpaired) electrons. The largest absolute Gasteiger partial charge is 0.416 e. The number of halogens is 3. The van der Waals surface area contributed by atoms with Crippen LogP contribution in [0.1, 0.15) is 16.7 Å². The van der Waals surface area contributed by atoms with Gasteiger partial charge in [0.05, 0.1) is 10.5 Å². The molecule has 0 atom stereocenters. The van der Waals surface area contributed by atoms with Gasteiger partial charge in [-0.15, -0.1) is 0 Å². The van der Waals surface area contributed by atoms with E-state index in [1.807, 2.05) is 0 Å². The van der Waals surface area contributed by atoms with Crippen LogP contribution in [0, 0.1) is 0 Å². The van der Waals surface area contributed by atoms with Crippen molar-refractivity contribution in [1.82, 2.24) is 4.72 Å². The third-order valence-electron chi connectivity index (χ3n) is 3.22. The van der Waals surface area contributed by atoms with E-state index in [9.17, 15) is 21.6 Å². The van der Waals surface area contributed by atoms with Gasteiger partial charge < -0.3 is 5.73 Å². The summed E-state index contributed by atoms with van der Waals surface area (Å²) in [7, 11) is -3.74. The molecule has 2 rings (SSSR count). The van der Waals surface area contributed by atoms with E-state index < -0.39 is 21.8 Å². The standard InChI is InChI=1S/C15H15F3N2O2S/c16-15(17,18)13-5-1-12(2-6-13)10-20-23(21,22)14-7-3-11(9-19)4-8-14/h1-8,20H,9-10,19H2. The molecule has 0 aromatic heterocycles. The van der Waals surface area contributed by atoms with Crippen molar-refractivity contribution in [2.45, 2.75) is 24.2 Å². The molecule has 0 heterocycles. The van der Waals surface area contributed by atoms with Gasteiger partial charge in [-0.3, -0.25) is 0 Å². The summed E-state index contributed by atoms with van der Waals surface area (Å²) in [5.74, 6) is 0. The van der Waals surface area contributed by atoms with Gasteiger partial charge in [0, 0.05) is 13.1 Å². The van der Waals surface area contributed by atoms with Crippen LogP contribution in [-0.2, 0) is 29.3 Å². The Bertz CT molecular complexity index is 755. The van der Waals surface area contributed by atoms with Gasteiger partial charge in [0.1, 0.15) is 0 Å². The lowest BCUT2D eigenvalue weighted by atomic mass is 10.1. The highest BCUT2D eigenvalue weighted by molar-refractivity contribution is 7.89. The molecular formula is C15H15F3N2O2S. The minimum atomic E-state index is -4.41. The molecular weight excluding hydrogens is 329 g/mol. The van der Waals surface area contributed by atoms with Crippen molar-refractivity contribution in [2.75, 3.05) is 0 Å². The molecule has 8 heteroatoms. The molecule has 2 aromatic carbocycles. The van der Waals surface area contributed by atoms with Gasteiger partial charge in [-0.25, -0.2) is 13.1 Å². The van der Waals surface area contributed by atoms with Crippen LogP contribution in [0.3, 0.4) is 0 Å². The van der Waals surface area contributed by atoms with E-state index >= 15 is 0 Å². The fourth-order valence-corrected chi connectivity index (χ4v) is 2.90. The summed E-state index contributed by atoms with van der Waals surface area (Å²) in [5.41, 5.74) is 5.89. The molecule has 0 saturated carbocycles. The average Bonchev–Trinajstić information content (AvgIpc) is 2.53. The van der Waals surface area contributed by atoms with Gasteiger partial charge in [0.15, 0.2) is 0 Å². The number of nitrogens with two attached hydrogens (primary N) is 1. The molecule has 124 valence electrons. The monoisotopic (exact) mass is 344 g/mol. The Kier molecular flexibility index (Phi) is 5.08. The van der Waals surface area contributed by atoms with Crippen LogP contribution in [0.15, 0.2) is 53.4 Å². The topological polar surface area (TPSA) is 72.2 Å². The fraction of sp³-hybridized carbons (Fsp3) is 0.200.